The summed E-state index contributed by atoms with van der Waals surface area (Å²) in [7, 11) is 0. The van der Waals surface area contributed by atoms with Crippen molar-refractivity contribution in [1.29, 1.82) is 0 Å². The summed E-state index contributed by atoms with van der Waals surface area (Å²) in [6.07, 6.45) is 1.72. The van der Waals surface area contributed by atoms with Crippen LogP contribution in [0.5, 0.6) is 0 Å². The molecule has 2 N–H and O–H groups in total. The Morgan fingerprint density at radius 3 is 3.00 bits per heavy atom. The second-order valence-corrected chi connectivity index (χ2v) is 4.82. The molecule has 0 saturated carbocycles. The van der Waals surface area contributed by atoms with Gasteiger partial charge >= 0.3 is 0 Å². The van der Waals surface area contributed by atoms with E-state index in [4.69, 9.17) is 5.73 Å². The molecule has 0 aliphatic carbocycles. The Balaban J connectivity index is 1.77. The van der Waals surface area contributed by atoms with Gasteiger partial charge < -0.3 is 15.5 Å². The smallest absolute Gasteiger partial charge is 0.223 e. The molecule has 1 atom stereocenters. The summed E-state index contributed by atoms with van der Waals surface area (Å²) in [6.45, 7) is 2.69. The third-order valence-electron chi connectivity index (χ3n) is 3.73. The Bertz CT molecular complexity index is 446. The standard InChI is InChI=1S/C13H17N3O/c14-10-2-1-3-11(8-10)15-6-7-16-12(9-15)4-5-13(16)17/h1-3,8,12H,4-7,9,14H2. The summed E-state index contributed by atoms with van der Waals surface area (Å²) in [5, 5.41) is 0. The molecule has 0 aromatic heterocycles. The van der Waals surface area contributed by atoms with Gasteiger partial charge in [-0.25, -0.2) is 0 Å². The van der Waals surface area contributed by atoms with Crippen molar-refractivity contribution in [2.24, 2.45) is 0 Å². The van der Waals surface area contributed by atoms with Gasteiger partial charge in [-0.05, 0) is 24.6 Å². The number of fused-ring (bicyclic) bond motifs is 1. The first kappa shape index (κ1) is 10.4. The zero-order valence-corrected chi connectivity index (χ0v) is 9.80. The number of nitrogens with two attached hydrogens (primary N) is 1. The fraction of sp³-hybridized carbons (Fsp3) is 0.462. The van der Waals surface area contributed by atoms with Gasteiger partial charge in [-0.1, -0.05) is 6.07 Å². The van der Waals surface area contributed by atoms with Crippen LogP contribution in [0.2, 0.25) is 0 Å². The van der Waals surface area contributed by atoms with E-state index < -0.39 is 0 Å². The maximum Gasteiger partial charge on any atom is 0.223 e. The number of amides is 1. The number of benzene rings is 1. The van der Waals surface area contributed by atoms with Crippen LogP contribution in [0.4, 0.5) is 11.4 Å². The minimum absolute atomic E-state index is 0.322. The number of rotatable bonds is 1. The predicted molar refractivity (Wildman–Crippen MR) is 67.8 cm³/mol. The maximum atomic E-state index is 11.6. The number of hydrogen-bond donors (Lipinski definition) is 1. The van der Waals surface area contributed by atoms with Crippen molar-refractivity contribution >= 4 is 17.3 Å². The van der Waals surface area contributed by atoms with Crippen molar-refractivity contribution < 1.29 is 4.79 Å². The van der Waals surface area contributed by atoms with E-state index in [9.17, 15) is 4.79 Å². The number of hydrogen-bond acceptors (Lipinski definition) is 3. The zero-order valence-electron chi connectivity index (χ0n) is 9.80. The molecule has 0 bridgehead atoms. The summed E-state index contributed by atoms with van der Waals surface area (Å²) in [4.78, 5) is 16.0. The van der Waals surface area contributed by atoms with Crippen LogP contribution in [0, 0.1) is 0 Å². The average Bonchev–Trinajstić information content (AvgIpc) is 2.71. The number of nitrogens with zero attached hydrogens (tertiary/aromatic N) is 2. The van der Waals surface area contributed by atoms with E-state index in [-0.39, 0.29) is 0 Å². The highest BCUT2D eigenvalue weighted by molar-refractivity contribution is 5.79. The van der Waals surface area contributed by atoms with Crippen LogP contribution in [-0.2, 0) is 4.79 Å². The van der Waals surface area contributed by atoms with E-state index in [0.29, 0.717) is 11.9 Å². The first-order valence-electron chi connectivity index (χ1n) is 6.14. The molecule has 2 fully saturated rings. The highest BCUT2D eigenvalue weighted by atomic mass is 16.2. The van der Waals surface area contributed by atoms with Gasteiger partial charge in [0.2, 0.25) is 5.91 Å². The van der Waals surface area contributed by atoms with E-state index in [1.54, 1.807) is 0 Å². The molecule has 17 heavy (non-hydrogen) atoms. The molecule has 1 aromatic carbocycles. The minimum atomic E-state index is 0.322. The number of piperazine rings is 1. The monoisotopic (exact) mass is 231 g/mol. The molecule has 1 aromatic rings. The first-order valence-corrected chi connectivity index (χ1v) is 6.14. The molecule has 2 aliphatic heterocycles. The lowest BCUT2D eigenvalue weighted by Gasteiger charge is -2.38. The van der Waals surface area contributed by atoms with Gasteiger partial charge in [-0.15, -0.1) is 0 Å². The summed E-state index contributed by atoms with van der Waals surface area (Å²) in [5.41, 5.74) is 7.77. The van der Waals surface area contributed by atoms with Gasteiger partial charge in [-0.3, -0.25) is 4.79 Å². The number of nitrogen functional groups attached to an aromatic ring is 1. The van der Waals surface area contributed by atoms with E-state index in [2.05, 4.69) is 11.0 Å². The van der Waals surface area contributed by atoms with Crippen LogP contribution >= 0.6 is 0 Å². The maximum absolute atomic E-state index is 11.6. The first-order chi connectivity index (χ1) is 8.24. The average molecular weight is 231 g/mol. The van der Waals surface area contributed by atoms with E-state index in [1.165, 1.54) is 5.69 Å². The van der Waals surface area contributed by atoms with Crippen LogP contribution in [0.3, 0.4) is 0 Å². The molecular weight excluding hydrogens is 214 g/mol. The fourth-order valence-electron chi connectivity index (χ4n) is 2.82. The fourth-order valence-corrected chi connectivity index (χ4v) is 2.82. The molecule has 3 rings (SSSR count). The van der Waals surface area contributed by atoms with Crippen LogP contribution < -0.4 is 10.6 Å². The largest absolute Gasteiger partial charge is 0.399 e. The summed E-state index contributed by atoms with van der Waals surface area (Å²) in [5.74, 6) is 0.322. The quantitative estimate of drug-likeness (QED) is 0.736. The lowest BCUT2D eigenvalue weighted by atomic mass is 10.1. The van der Waals surface area contributed by atoms with Crippen LogP contribution in [-0.4, -0.2) is 36.5 Å². The van der Waals surface area contributed by atoms with Gasteiger partial charge in [0.15, 0.2) is 0 Å². The van der Waals surface area contributed by atoms with E-state index in [0.717, 1.165) is 38.2 Å². The van der Waals surface area contributed by atoms with Crippen LogP contribution in [0.25, 0.3) is 0 Å². The van der Waals surface area contributed by atoms with E-state index >= 15 is 0 Å². The zero-order chi connectivity index (χ0) is 11.8. The summed E-state index contributed by atoms with van der Waals surface area (Å²) < 4.78 is 0. The van der Waals surface area contributed by atoms with Gasteiger partial charge in [0.05, 0.1) is 0 Å². The molecular formula is C13H17N3O. The van der Waals surface area contributed by atoms with Crippen molar-refractivity contribution in [3.63, 3.8) is 0 Å². The molecule has 4 nitrogen and oxygen atoms in total. The minimum Gasteiger partial charge on any atom is -0.399 e. The number of anilines is 2. The predicted octanol–water partition coefficient (Wildman–Crippen LogP) is 1.08. The van der Waals surface area contributed by atoms with E-state index in [1.807, 2.05) is 23.1 Å². The van der Waals surface area contributed by atoms with Gasteiger partial charge in [0.1, 0.15) is 0 Å². The van der Waals surface area contributed by atoms with Gasteiger partial charge in [0.25, 0.3) is 0 Å². The van der Waals surface area contributed by atoms with Crippen LogP contribution in [0.15, 0.2) is 24.3 Å². The second kappa shape index (κ2) is 3.95. The van der Waals surface area contributed by atoms with Gasteiger partial charge in [-0.2, -0.15) is 0 Å². The lowest BCUT2D eigenvalue weighted by molar-refractivity contribution is -0.129. The highest BCUT2D eigenvalue weighted by Crippen LogP contribution is 2.26. The van der Waals surface area contributed by atoms with Crippen molar-refractivity contribution in [3.8, 4) is 0 Å². The molecule has 90 valence electrons. The Labute approximate surface area is 101 Å². The lowest BCUT2D eigenvalue weighted by Crippen LogP contribution is -2.51. The third kappa shape index (κ3) is 1.84. The second-order valence-electron chi connectivity index (χ2n) is 4.82. The van der Waals surface area contributed by atoms with Crippen LogP contribution in [0.1, 0.15) is 12.8 Å². The van der Waals surface area contributed by atoms with Crippen molar-refractivity contribution in [2.45, 2.75) is 18.9 Å². The normalized spacial score (nSPS) is 24.0. The molecule has 2 heterocycles. The Kier molecular flexibility index (Phi) is 2.42. The molecule has 2 aliphatic rings. The Hall–Kier alpha value is -1.71. The summed E-state index contributed by atoms with van der Waals surface area (Å²) in [6, 6.07) is 8.38. The number of carbonyl (C=O) groups is 1. The topological polar surface area (TPSA) is 49.6 Å². The third-order valence-corrected chi connectivity index (χ3v) is 3.73. The Morgan fingerprint density at radius 2 is 2.18 bits per heavy atom. The van der Waals surface area contributed by atoms with Crippen molar-refractivity contribution in [1.82, 2.24) is 4.90 Å². The molecule has 1 amide bonds. The SMILES string of the molecule is Nc1cccc(N2CCN3C(=O)CCC3C2)c1. The number of carbonyl (C=O) groups excluding carboxylic acids is 1. The molecule has 0 spiro atoms. The molecule has 2 saturated heterocycles. The van der Waals surface area contributed by atoms with Crippen molar-refractivity contribution in [3.05, 3.63) is 24.3 Å². The molecule has 0 radical (unpaired) electrons. The highest BCUT2D eigenvalue weighted by Gasteiger charge is 2.35. The van der Waals surface area contributed by atoms with Gasteiger partial charge in [0, 0.05) is 43.5 Å². The summed E-state index contributed by atoms with van der Waals surface area (Å²) >= 11 is 0. The Morgan fingerprint density at radius 1 is 1.29 bits per heavy atom. The van der Waals surface area contributed by atoms with Crippen molar-refractivity contribution in [2.75, 3.05) is 30.3 Å². The molecule has 4 heteroatoms. The molecule has 1 unspecified atom stereocenters.